The van der Waals surface area contributed by atoms with E-state index in [0.717, 1.165) is 35.1 Å². The summed E-state index contributed by atoms with van der Waals surface area (Å²) in [6.07, 6.45) is 1.13. The highest BCUT2D eigenvalue weighted by Crippen LogP contribution is 2.44. The molecule has 1 fully saturated rings. The first-order valence-electron chi connectivity index (χ1n) is 12.2. The second kappa shape index (κ2) is 11.4. The Balaban J connectivity index is 1.34. The van der Waals surface area contributed by atoms with Crippen molar-refractivity contribution in [3.63, 3.8) is 0 Å². The Labute approximate surface area is 205 Å². The van der Waals surface area contributed by atoms with Crippen LogP contribution in [0.5, 0.6) is 0 Å². The van der Waals surface area contributed by atoms with Gasteiger partial charge in [0, 0.05) is 18.6 Å². The van der Waals surface area contributed by atoms with Gasteiger partial charge < -0.3 is 25.2 Å². The molecule has 1 saturated heterocycles. The molecular formula is C27H32N2O6. The molecular weight excluding hydrogens is 448 g/mol. The minimum Gasteiger partial charge on any atom is -0.481 e. The lowest BCUT2D eigenvalue weighted by Gasteiger charge is -2.23. The minimum absolute atomic E-state index is 0.0533. The second-order valence-corrected chi connectivity index (χ2v) is 9.10. The Kier molecular flexibility index (Phi) is 8.02. The maximum Gasteiger partial charge on any atom is 0.407 e. The Morgan fingerprint density at radius 1 is 1.09 bits per heavy atom. The number of carboxylic acids is 1. The summed E-state index contributed by atoms with van der Waals surface area (Å²) in [5, 5.41) is 14.7. The zero-order valence-corrected chi connectivity index (χ0v) is 19.9. The van der Waals surface area contributed by atoms with Crippen LogP contribution in [0.1, 0.15) is 56.1 Å². The monoisotopic (exact) mass is 480 g/mol. The van der Waals surface area contributed by atoms with Crippen molar-refractivity contribution < 1.29 is 29.0 Å². The lowest BCUT2D eigenvalue weighted by molar-refractivity contribution is -0.138. The third-order valence-electron chi connectivity index (χ3n) is 6.67. The average Bonchev–Trinajstić information content (AvgIpc) is 3.43. The SMILES string of the molecule is CCCC[C@@H](CC(=O)O)NC(=O)[C@H]1OCC[C@H]1NC(=O)OCC1c2ccccc2-c2ccccc21. The molecule has 3 atom stereocenters. The highest BCUT2D eigenvalue weighted by molar-refractivity contribution is 5.84. The molecule has 8 heteroatoms. The van der Waals surface area contributed by atoms with Crippen LogP contribution in [0.25, 0.3) is 11.1 Å². The molecule has 8 nitrogen and oxygen atoms in total. The summed E-state index contributed by atoms with van der Waals surface area (Å²) in [6, 6.07) is 15.2. The summed E-state index contributed by atoms with van der Waals surface area (Å²) in [7, 11) is 0. The predicted octanol–water partition coefficient (Wildman–Crippen LogP) is 3.83. The topological polar surface area (TPSA) is 114 Å². The van der Waals surface area contributed by atoms with Crippen LogP contribution in [0.2, 0.25) is 0 Å². The van der Waals surface area contributed by atoms with E-state index in [0.29, 0.717) is 19.4 Å². The molecule has 35 heavy (non-hydrogen) atoms. The summed E-state index contributed by atoms with van der Waals surface area (Å²) in [6.45, 7) is 2.51. The number of rotatable bonds is 10. The number of fused-ring (bicyclic) bond motifs is 3. The minimum atomic E-state index is -0.966. The molecule has 0 aromatic heterocycles. The van der Waals surface area contributed by atoms with Crippen LogP contribution in [-0.2, 0) is 19.1 Å². The molecule has 2 aromatic carbocycles. The summed E-state index contributed by atoms with van der Waals surface area (Å²) >= 11 is 0. The molecule has 0 radical (unpaired) electrons. The third-order valence-corrected chi connectivity index (χ3v) is 6.67. The van der Waals surface area contributed by atoms with Gasteiger partial charge in [0.15, 0.2) is 6.10 Å². The molecule has 2 aliphatic rings. The number of aliphatic carboxylic acids is 1. The predicted molar refractivity (Wildman–Crippen MR) is 130 cm³/mol. The Bertz CT molecular complexity index is 1030. The van der Waals surface area contributed by atoms with Gasteiger partial charge >= 0.3 is 12.1 Å². The number of hydrogen-bond donors (Lipinski definition) is 3. The van der Waals surface area contributed by atoms with Crippen molar-refractivity contribution in [3.05, 3.63) is 59.7 Å². The molecule has 1 aliphatic heterocycles. The van der Waals surface area contributed by atoms with Crippen LogP contribution in [0.4, 0.5) is 4.79 Å². The summed E-state index contributed by atoms with van der Waals surface area (Å²) in [5.41, 5.74) is 4.55. The number of amides is 2. The van der Waals surface area contributed by atoms with Gasteiger partial charge in [-0.3, -0.25) is 9.59 Å². The van der Waals surface area contributed by atoms with Gasteiger partial charge in [0.1, 0.15) is 6.61 Å². The molecule has 186 valence electrons. The van der Waals surface area contributed by atoms with E-state index in [4.69, 9.17) is 14.6 Å². The largest absolute Gasteiger partial charge is 0.481 e. The number of unbranched alkanes of at least 4 members (excludes halogenated alkanes) is 1. The molecule has 3 N–H and O–H groups in total. The first kappa shape index (κ1) is 24.7. The average molecular weight is 481 g/mol. The van der Waals surface area contributed by atoms with E-state index < -0.39 is 36.2 Å². The van der Waals surface area contributed by atoms with E-state index in [2.05, 4.69) is 34.9 Å². The van der Waals surface area contributed by atoms with Crippen LogP contribution < -0.4 is 10.6 Å². The highest BCUT2D eigenvalue weighted by Gasteiger charge is 2.37. The molecule has 2 aromatic rings. The van der Waals surface area contributed by atoms with Crippen molar-refractivity contribution >= 4 is 18.0 Å². The number of carboxylic acid groups (broad SMARTS) is 1. The Morgan fingerprint density at radius 2 is 1.74 bits per heavy atom. The lowest BCUT2D eigenvalue weighted by atomic mass is 9.98. The fraction of sp³-hybridized carbons (Fsp3) is 0.444. The smallest absolute Gasteiger partial charge is 0.407 e. The molecule has 4 rings (SSSR count). The van der Waals surface area contributed by atoms with Crippen LogP contribution in [0.15, 0.2) is 48.5 Å². The van der Waals surface area contributed by atoms with Crippen molar-refractivity contribution in [1.82, 2.24) is 10.6 Å². The van der Waals surface area contributed by atoms with Crippen molar-refractivity contribution in [1.29, 1.82) is 0 Å². The Morgan fingerprint density at radius 3 is 2.37 bits per heavy atom. The van der Waals surface area contributed by atoms with Crippen molar-refractivity contribution in [2.24, 2.45) is 0 Å². The molecule has 0 unspecified atom stereocenters. The molecule has 1 aliphatic carbocycles. The Hall–Kier alpha value is -3.39. The number of ether oxygens (including phenoxy) is 2. The first-order valence-corrected chi connectivity index (χ1v) is 12.2. The van der Waals surface area contributed by atoms with Gasteiger partial charge in [-0.05, 0) is 35.1 Å². The van der Waals surface area contributed by atoms with E-state index >= 15 is 0 Å². The van der Waals surface area contributed by atoms with Gasteiger partial charge in [-0.25, -0.2) is 4.79 Å². The fourth-order valence-electron chi connectivity index (χ4n) is 4.96. The van der Waals surface area contributed by atoms with E-state index in [-0.39, 0.29) is 18.9 Å². The van der Waals surface area contributed by atoms with Crippen LogP contribution >= 0.6 is 0 Å². The van der Waals surface area contributed by atoms with Crippen LogP contribution in [-0.4, -0.2) is 54.5 Å². The quantitative estimate of drug-likeness (QED) is 0.476. The third kappa shape index (κ3) is 5.82. The van der Waals surface area contributed by atoms with Crippen LogP contribution in [0.3, 0.4) is 0 Å². The summed E-state index contributed by atoms with van der Waals surface area (Å²) in [5.74, 6) is -1.43. The number of carbonyl (C=O) groups is 3. The number of benzene rings is 2. The summed E-state index contributed by atoms with van der Waals surface area (Å²) in [4.78, 5) is 36.6. The van der Waals surface area contributed by atoms with Gasteiger partial charge in [0.05, 0.1) is 12.5 Å². The molecule has 1 heterocycles. The summed E-state index contributed by atoms with van der Waals surface area (Å²) < 4.78 is 11.2. The molecule has 2 amide bonds. The molecule has 0 bridgehead atoms. The second-order valence-electron chi connectivity index (χ2n) is 9.10. The normalized spacial score (nSPS) is 19.5. The van der Waals surface area contributed by atoms with E-state index in [1.807, 2.05) is 31.2 Å². The number of hydrogen-bond acceptors (Lipinski definition) is 5. The fourth-order valence-corrected chi connectivity index (χ4v) is 4.96. The van der Waals surface area contributed by atoms with Gasteiger partial charge in [-0.2, -0.15) is 0 Å². The van der Waals surface area contributed by atoms with Crippen molar-refractivity contribution in [2.75, 3.05) is 13.2 Å². The molecule has 0 spiro atoms. The van der Waals surface area contributed by atoms with E-state index in [1.165, 1.54) is 0 Å². The zero-order valence-electron chi connectivity index (χ0n) is 19.9. The maximum atomic E-state index is 12.8. The van der Waals surface area contributed by atoms with E-state index in [9.17, 15) is 14.4 Å². The lowest BCUT2D eigenvalue weighted by Crippen LogP contribution is -2.51. The van der Waals surface area contributed by atoms with Gasteiger partial charge in [0.25, 0.3) is 5.91 Å². The zero-order chi connectivity index (χ0) is 24.8. The van der Waals surface area contributed by atoms with Crippen LogP contribution in [0, 0.1) is 0 Å². The standard InChI is InChI=1S/C27H32N2O6/c1-2-3-8-17(15-24(30)31)28-26(32)25-23(13-14-34-25)29-27(33)35-16-22-20-11-6-4-9-18(20)19-10-5-7-12-21(19)22/h4-7,9-12,17,22-23,25H,2-3,8,13-16H2,1H3,(H,28,32)(H,29,33)(H,30,31)/t17-,23+,25-/m0/s1. The number of nitrogens with one attached hydrogen (secondary N) is 2. The van der Waals surface area contributed by atoms with Gasteiger partial charge in [-0.15, -0.1) is 0 Å². The van der Waals surface area contributed by atoms with E-state index in [1.54, 1.807) is 0 Å². The number of alkyl carbamates (subject to hydrolysis) is 1. The number of carbonyl (C=O) groups excluding carboxylic acids is 2. The van der Waals surface area contributed by atoms with Gasteiger partial charge in [-0.1, -0.05) is 68.3 Å². The van der Waals surface area contributed by atoms with Crippen molar-refractivity contribution in [3.8, 4) is 11.1 Å². The van der Waals surface area contributed by atoms with Gasteiger partial charge in [0.2, 0.25) is 0 Å². The first-order chi connectivity index (χ1) is 17.0. The maximum absolute atomic E-state index is 12.8. The van der Waals surface area contributed by atoms with Crippen molar-refractivity contribution in [2.45, 2.75) is 63.1 Å². The molecule has 0 saturated carbocycles. The highest BCUT2D eigenvalue weighted by atomic mass is 16.6.